The number of hydrogen-bond acceptors (Lipinski definition) is 5. The van der Waals surface area contributed by atoms with Gasteiger partial charge >= 0.3 is 0 Å². The fraction of sp³-hybridized carbons (Fsp3) is 0.273. The van der Waals surface area contributed by atoms with E-state index in [-0.39, 0.29) is 30.0 Å². The summed E-state index contributed by atoms with van der Waals surface area (Å²) in [6, 6.07) is 8.26. The van der Waals surface area contributed by atoms with Gasteiger partial charge in [-0.2, -0.15) is 5.10 Å². The highest BCUT2D eigenvalue weighted by Crippen LogP contribution is 2.29. The maximum Gasteiger partial charge on any atom is 0.274 e. The van der Waals surface area contributed by atoms with Gasteiger partial charge in [-0.3, -0.25) is 9.59 Å². The van der Waals surface area contributed by atoms with Gasteiger partial charge in [-0.25, -0.2) is 9.67 Å². The summed E-state index contributed by atoms with van der Waals surface area (Å²) in [7, 11) is 0. The van der Waals surface area contributed by atoms with Crippen LogP contribution in [0.5, 0.6) is 0 Å². The van der Waals surface area contributed by atoms with Crippen molar-refractivity contribution in [3.8, 4) is 5.82 Å². The number of aromatic nitrogens is 3. The molecule has 0 unspecified atom stereocenters. The minimum absolute atomic E-state index is 0. The topological polar surface area (TPSA) is 106 Å². The van der Waals surface area contributed by atoms with Gasteiger partial charge in [-0.05, 0) is 65.5 Å². The van der Waals surface area contributed by atoms with Crippen LogP contribution in [0.25, 0.3) is 5.82 Å². The number of halogens is 4. The number of nitrogens with one attached hydrogen (secondary N) is 1. The van der Waals surface area contributed by atoms with Crippen molar-refractivity contribution in [2.24, 2.45) is 5.73 Å². The van der Waals surface area contributed by atoms with Gasteiger partial charge < -0.3 is 16.0 Å². The molecule has 1 aliphatic rings. The summed E-state index contributed by atoms with van der Waals surface area (Å²) in [5.74, 6) is -0.371. The number of anilines is 1. The Morgan fingerprint density at radius 3 is 2.59 bits per heavy atom. The Hall–Kier alpha value is -2.17. The lowest BCUT2D eigenvalue weighted by Gasteiger charge is -2.31. The van der Waals surface area contributed by atoms with E-state index >= 15 is 0 Å². The van der Waals surface area contributed by atoms with Gasteiger partial charge in [0, 0.05) is 36.4 Å². The smallest absolute Gasteiger partial charge is 0.274 e. The number of carbonyl (C=O) groups is 2. The average Bonchev–Trinajstić information content (AvgIpc) is 3.17. The molecule has 8 nitrogen and oxygen atoms in total. The van der Waals surface area contributed by atoms with E-state index in [9.17, 15) is 9.59 Å². The van der Waals surface area contributed by atoms with Crippen molar-refractivity contribution in [3.63, 3.8) is 0 Å². The number of likely N-dealkylation sites (tertiary alicyclic amines) is 1. The molecule has 180 valence electrons. The zero-order chi connectivity index (χ0) is 23.7. The summed E-state index contributed by atoms with van der Waals surface area (Å²) in [4.78, 5) is 32.6. The summed E-state index contributed by atoms with van der Waals surface area (Å²) in [5.41, 5.74) is 7.54. The Morgan fingerprint density at radius 1 is 1.21 bits per heavy atom. The first kappa shape index (κ1) is 26.4. The van der Waals surface area contributed by atoms with Crippen LogP contribution in [-0.4, -0.2) is 50.6 Å². The van der Waals surface area contributed by atoms with Crippen LogP contribution in [0.4, 0.5) is 5.69 Å². The number of amides is 2. The first-order valence-electron chi connectivity index (χ1n) is 10.3. The van der Waals surface area contributed by atoms with Crippen molar-refractivity contribution in [2.45, 2.75) is 25.8 Å². The normalized spacial score (nSPS) is 14.0. The van der Waals surface area contributed by atoms with Crippen molar-refractivity contribution >= 4 is 69.0 Å². The molecule has 1 fully saturated rings. The molecule has 0 atom stereocenters. The molecule has 2 amide bonds. The summed E-state index contributed by atoms with van der Waals surface area (Å²) in [6.45, 7) is 2.89. The third-order valence-electron chi connectivity index (χ3n) is 5.45. The second kappa shape index (κ2) is 11.0. The highest BCUT2D eigenvalue weighted by molar-refractivity contribution is 9.10. The molecule has 1 aromatic carbocycles. The fourth-order valence-corrected chi connectivity index (χ4v) is 4.59. The molecule has 34 heavy (non-hydrogen) atoms. The quantitative estimate of drug-likeness (QED) is 0.452. The van der Waals surface area contributed by atoms with E-state index in [0.29, 0.717) is 50.4 Å². The predicted octanol–water partition coefficient (Wildman–Crippen LogP) is 4.88. The zero-order valence-corrected chi connectivity index (χ0v) is 22.0. The first-order valence-corrected chi connectivity index (χ1v) is 11.8. The Kier molecular flexibility index (Phi) is 8.59. The van der Waals surface area contributed by atoms with Gasteiger partial charge in [-0.1, -0.05) is 23.2 Å². The number of pyridine rings is 1. The van der Waals surface area contributed by atoms with Crippen molar-refractivity contribution in [1.82, 2.24) is 19.7 Å². The molecule has 3 N–H and O–H groups in total. The van der Waals surface area contributed by atoms with Gasteiger partial charge in [0.05, 0.1) is 16.3 Å². The first-order chi connectivity index (χ1) is 15.7. The van der Waals surface area contributed by atoms with Crippen LogP contribution in [0.1, 0.15) is 39.3 Å². The van der Waals surface area contributed by atoms with Crippen molar-refractivity contribution in [2.75, 3.05) is 18.4 Å². The molecule has 12 heteroatoms. The van der Waals surface area contributed by atoms with E-state index in [2.05, 4.69) is 31.3 Å². The molecule has 4 rings (SSSR count). The maximum absolute atomic E-state index is 13.3. The number of nitrogens with two attached hydrogens (primary N) is 1. The molecule has 0 aliphatic carbocycles. The van der Waals surface area contributed by atoms with Crippen LogP contribution in [-0.2, 0) is 0 Å². The van der Waals surface area contributed by atoms with Gasteiger partial charge in [0.1, 0.15) is 10.3 Å². The van der Waals surface area contributed by atoms with E-state index in [0.717, 1.165) is 12.8 Å². The van der Waals surface area contributed by atoms with Crippen LogP contribution in [0.3, 0.4) is 0 Å². The Bertz CT molecular complexity index is 1230. The highest BCUT2D eigenvalue weighted by atomic mass is 79.9. The number of rotatable bonds is 4. The van der Waals surface area contributed by atoms with Crippen molar-refractivity contribution in [3.05, 3.63) is 68.0 Å². The molecular formula is C22H22BrCl3N6O2. The van der Waals surface area contributed by atoms with Crippen LogP contribution < -0.4 is 11.1 Å². The van der Waals surface area contributed by atoms with Crippen LogP contribution in [0.15, 0.2) is 41.1 Å². The van der Waals surface area contributed by atoms with Gasteiger partial charge in [-0.15, -0.1) is 12.4 Å². The molecule has 0 spiro atoms. The standard InChI is InChI=1S/C22H21BrCl2N6O2.ClH/c1-12-9-13(24)10-15(22(33)30-7-4-14(26)5-8-30)19(12)28-21(32)17-11-18(23)29-31(17)20-16(25)3-2-6-27-20;/h2-3,6,9-11,14H,4-5,7-8,26H2,1H3,(H,28,32);1H. The van der Waals surface area contributed by atoms with Crippen LogP contribution >= 0.6 is 51.5 Å². The van der Waals surface area contributed by atoms with Gasteiger partial charge in [0.25, 0.3) is 11.8 Å². The Labute approximate surface area is 221 Å². The van der Waals surface area contributed by atoms with Gasteiger partial charge in [0.15, 0.2) is 5.82 Å². The fourth-order valence-electron chi connectivity index (χ4n) is 3.74. The zero-order valence-electron chi connectivity index (χ0n) is 18.1. The molecule has 3 heterocycles. The number of piperidine rings is 1. The number of carbonyl (C=O) groups excluding carboxylic acids is 2. The van der Waals surface area contributed by atoms with E-state index < -0.39 is 5.91 Å². The SMILES string of the molecule is Cc1cc(Cl)cc(C(=O)N2CCC(N)CC2)c1NC(=O)c1cc(Br)nn1-c1ncccc1Cl.Cl. The molecule has 1 aliphatic heterocycles. The minimum Gasteiger partial charge on any atom is -0.338 e. The minimum atomic E-state index is -0.477. The third-order valence-corrected chi connectivity index (χ3v) is 6.35. The monoisotopic (exact) mass is 586 g/mol. The van der Waals surface area contributed by atoms with E-state index in [1.54, 1.807) is 48.4 Å². The Morgan fingerprint density at radius 2 is 1.91 bits per heavy atom. The molecule has 0 saturated carbocycles. The highest BCUT2D eigenvalue weighted by Gasteiger charge is 2.27. The lowest BCUT2D eigenvalue weighted by Crippen LogP contribution is -2.43. The summed E-state index contributed by atoms with van der Waals surface area (Å²) in [6.07, 6.45) is 3.01. The largest absolute Gasteiger partial charge is 0.338 e. The van der Waals surface area contributed by atoms with Crippen LogP contribution in [0, 0.1) is 6.92 Å². The summed E-state index contributed by atoms with van der Waals surface area (Å²) >= 11 is 15.8. The molecule has 0 bridgehead atoms. The molecule has 1 saturated heterocycles. The number of aryl methyl sites for hydroxylation is 1. The van der Waals surface area contributed by atoms with Crippen molar-refractivity contribution < 1.29 is 9.59 Å². The Balaban J connectivity index is 0.00000324. The van der Waals surface area contributed by atoms with Crippen molar-refractivity contribution in [1.29, 1.82) is 0 Å². The lowest BCUT2D eigenvalue weighted by molar-refractivity contribution is 0.0715. The van der Waals surface area contributed by atoms with Crippen LogP contribution in [0.2, 0.25) is 10.0 Å². The number of nitrogens with zero attached hydrogens (tertiary/aromatic N) is 4. The number of hydrogen-bond donors (Lipinski definition) is 2. The molecule has 3 aromatic rings. The van der Waals surface area contributed by atoms with E-state index in [1.165, 1.54) is 4.68 Å². The lowest BCUT2D eigenvalue weighted by atomic mass is 10.0. The molecule has 0 radical (unpaired) electrons. The molecule has 2 aromatic heterocycles. The van der Waals surface area contributed by atoms with Gasteiger partial charge in [0.2, 0.25) is 0 Å². The second-order valence-corrected chi connectivity index (χ2v) is 9.46. The summed E-state index contributed by atoms with van der Waals surface area (Å²) < 4.78 is 1.78. The third kappa shape index (κ3) is 5.55. The van der Waals surface area contributed by atoms with E-state index in [4.69, 9.17) is 28.9 Å². The predicted molar refractivity (Wildman–Crippen MR) is 139 cm³/mol. The van der Waals surface area contributed by atoms with E-state index in [1.807, 2.05) is 0 Å². The molecular weight excluding hydrogens is 567 g/mol. The second-order valence-electron chi connectivity index (χ2n) is 7.80. The summed E-state index contributed by atoms with van der Waals surface area (Å²) in [5, 5.41) is 7.92. The maximum atomic E-state index is 13.3. The average molecular weight is 589 g/mol. The number of benzene rings is 1.